The van der Waals surface area contributed by atoms with Gasteiger partial charge in [0.15, 0.2) is 0 Å². The van der Waals surface area contributed by atoms with E-state index in [0.717, 1.165) is 36.1 Å². The Morgan fingerprint density at radius 2 is 1.76 bits per heavy atom. The smallest absolute Gasteiger partial charge is 0.221 e. The zero-order valence-corrected chi connectivity index (χ0v) is 20.6. The molecule has 0 aliphatic carbocycles. The summed E-state index contributed by atoms with van der Waals surface area (Å²) in [5.41, 5.74) is 4.07. The van der Waals surface area contributed by atoms with Gasteiger partial charge >= 0.3 is 0 Å². The molecule has 0 aliphatic heterocycles. The molecule has 180 valence electrons. The number of benzene rings is 3. The largest absolute Gasteiger partial charge is 0.497 e. The monoisotopic (exact) mass is 460 g/mol. The second-order valence-corrected chi connectivity index (χ2v) is 8.57. The number of unbranched alkanes of at least 4 members (excludes halogenated alkanes) is 1. The van der Waals surface area contributed by atoms with Gasteiger partial charge in [-0.05, 0) is 54.3 Å². The molecule has 2 unspecified atom stereocenters. The standard InChI is InChI=1S/C29H36N2O3/c1-5-6-15-27(30-21(2)24-13-10-14-26(18-24)33-4)25-16-17-29(28(19-25)31-22(3)32)34-20-23-11-8-7-9-12-23/h7-14,16-19,21,27,30H,5-6,15,20H2,1-4H3,(H,31,32). The molecule has 0 spiro atoms. The van der Waals surface area contributed by atoms with E-state index >= 15 is 0 Å². The van der Waals surface area contributed by atoms with E-state index in [9.17, 15) is 4.79 Å². The van der Waals surface area contributed by atoms with Crippen LogP contribution >= 0.6 is 0 Å². The third kappa shape index (κ3) is 7.35. The van der Waals surface area contributed by atoms with Crippen molar-refractivity contribution in [3.05, 3.63) is 89.5 Å². The number of anilines is 1. The number of ether oxygens (including phenoxy) is 2. The summed E-state index contributed by atoms with van der Waals surface area (Å²) in [4.78, 5) is 11.9. The molecule has 0 bridgehead atoms. The molecule has 0 aliphatic rings. The first kappa shape index (κ1) is 25.3. The van der Waals surface area contributed by atoms with Crippen LogP contribution in [0.3, 0.4) is 0 Å². The molecule has 0 heterocycles. The van der Waals surface area contributed by atoms with Crippen LogP contribution in [-0.4, -0.2) is 13.0 Å². The lowest BCUT2D eigenvalue weighted by Gasteiger charge is -2.25. The van der Waals surface area contributed by atoms with Crippen molar-refractivity contribution in [2.75, 3.05) is 12.4 Å². The van der Waals surface area contributed by atoms with E-state index in [0.29, 0.717) is 18.0 Å². The lowest BCUT2D eigenvalue weighted by molar-refractivity contribution is -0.114. The van der Waals surface area contributed by atoms with E-state index < -0.39 is 0 Å². The summed E-state index contributed by atoms with van der Waals surface area (Å²) in [6, 6.07) is 24.5. The van der Waals surface area contributed by atoms with Gasteiger partial charge in [0, 0.05) is 19.0 Å². The molecule has 5 heteroatoms. The molecule has 5 nitrogen and oxygen atoms in total. The molecule has 3 rings (SSSR count). The number of carbonyl (C=O) groups is 1. The number of methoxy groups -OCH3 is 1. The molecule has 0 fully saturated rings. The first-order valence-electron chi connectivity index (χ1n) is 12.0. The Labute approximate surface area is 203 Å². The van der Waals surface area contributed by atoms with Gasteiger partial charge in [0.2, 0.25) is 5.91 Å². The summed E-state index contributed by atoms with van der Waals surface area (Å²) in [5.74, 6) is 1.39. The molecular weight excluding hydrogens is 424 g/mol. The molecule has 0 radical (unpaired) electrons. The minimum Gasteiger partial charge on any atom is -0.497 e. The molecule has 1 amide bonds. The first-order chi connectivity index (χ1) is 16.5. The predicted octanol–water partition coefficient (Wildman–Crippen LogP) is 6.81. The molecule has 2 atom stereocenters. The van der Waals surface area contributed by atoms with Crippen LogP contribution in [0.2, 0.25) is 0 Å². The number of hydrogen-bond donors (Lipinski definition) is 2. The van der Waals surface area contributed by atoms with Crippen LogP contribution in [0.1, 0.15) is 68.8 Å². The summed E-state index contributed by atoms with van der Waals surface area (Å²) in [6.07, 6.45) is 3.21. The van der Waals surface area contributed by atoms with Gasteiger partial charge in [0.1, 0.15) is 18.1 Å². The molecule has 2 N–H and O–H groups in total. The van der Waals surface area contributed by atoms with E-state index in [1.165, 1.54) is 12.5 Å². The highest BCUT2D eigenvalue weighted by Crippen LogP contribution is 2.32. The zero-order chi connectivity index (χ0) is 24.3. The molecule has 0 aromatic heterocycles. The minimum atomic E-state index is -0.121. The average Bonchev–Trinajstić information content (AvgIpc) is 2.86. The van der Waals surface area contributed by atoms with Crippen molar-refractivity contribution in [1.82, 2.24) is 5.32 Å². The Morgan fingerprint density at radius 3 is 2.47 bits per heavy atom. The summed E-state index contributed by atoms with van der Waals surface area (Å²) in [6.45, 7) is 6.33. The van der Waals surface area contributed by atoms with Crippen molar-refractivity contribution in [3.8, 4) is 11.5 Å². The fourth-order valence-electron chi connectivity index (χ4n) is 3.98. The van der Waals surface area contributed by atoms with Gasteiger partial charge in [0.05, 0.1) is 12.8 Å². The quantitative estimate of drug-likeness (QED) is 0.311. The van der Waals surface area contributed by atoms with E-state index in [-0.39, 0.29) is 18.0 Å². The molecule has 0 saturated carbocycles. The van der Waals surface area contributed by atoms with Gasteiger partial charge in [-0.1, -0.05) is 68.3 Å². The van der Waals surface area contributed by atoms with Crippen LogP contribution in [-0.2, 0) is 11.4 Å². The van der Waals surface area contributed by atoms with Gasteiger partial charge in [-0.25, -0.2) is 0 Å². The van der Waals surface area contributed by atoms with E-state index in [2.05, 4.69) is 42.7 Å². The number of carbonyl (C=O) groups excluding carboxylic acids is 1. The summed E-state index contributed by atoms with van der Waals surface area (Å²) in [7, 11) is 1.69. The van der Waals surface area contributed by atoms with Crippen molar-refractivity contribution >= 4 is 11.6 Å². The highest BCUT2D eigenvalue weighted by Gasteiger charge is 2.18. The third-order valence-electron chi connectivity index (χ3n) is 5.85. The Balaban J connectivity index is 1.83. The maximum absolute atomic E-state index is 11.9. The molecule has 0 saturated heterocycles. The predicted molar refractivity (Wildman–Crippen MR) is 138 cm³/mol. The van der Waals surface area contributed by atoms with Crippen molar-refractivity contribution in [2.45, 2.75) is 58.7 Å². The number of amides is 1. The van der Waals surface area contributed by atoms with Crippen molar-refractivity contribution in [1.29, 1.82) is 0 Å². The highest BCUT2D eigenvalue weighted by molar-refractivity contribution is 5.90. The van der Waals surface area contributed by atoms with Gasteiger partial charge in [-0.15, -0.1) is 0 Å². The third-order valence-corrected chi connectivity index (χ3v) is 5.85. The average molecular weight is 461 g/mol. The maximum atomic E-state index is 11.9. The van der Waals surface area contributed by atoms with Crippen molar-refractivity contribution in [3.63, 3.8) is 0 Å². The highest BCUT2D eigenvalue weighted by atomic mass is 16.5. The van der Waals surface area contributed by atoms with Gasteiger partial charge in [-0.3, -0.25) is 4.79 Å². The van der Waals surface area contributed by atoms with E-state index in [1.807, 2.05) is 54.6 Å². The minimum absolute atomic E-state index is 0.121. The second-order valence-electron chi connectivity index (χ2n) is 8.57. The molecule has 34 heavy (non-hydrogen) atoms. The Bertz CT molecular complexity index is 1050. The first-order valence-corrected chi connectivity index (χ1v) is 12.0. The summed E-state index contributed by atoms with van der Waals surface area (Å²) < 4.78 is 11.5. The SMILES string of the molecule is CCCCC(NC(C)c1cccc(OC)c1)c1ccc(OCc2ccccc2)c(NC(C)=O)c1. The maximum Gasteiger partial charge on any atom is 0.221 e. The molecule has 3 aromatic rings. The number of nitrogens with one attached hydrogen (secondary N) is 2. The van der Waals surface area contributed by atoms with E-state index in [1.54, 1.807) is 7.11 Å². The fraction of sp³-hybridized carbons (Fsp3) is 0.345. The van der Waals surface area contributed by atoms with Gasteiger partial charge < -0.3 is 20.1 Å². The Kier molecular flexibility index (Phi) is 9.53. The number of hydrogen-bond acceptors (Lipinski definition) is 4. The van der Waals surface area contributed by atoms with Crippen molar-refractivity contribution in [2.24, 2.45) is 0 Å². The molecular formula is C29H36N2O3. The van der Waals surface area contributed by atoms with Gasteiger partial charge in [0.25, 0.3) is 0 Å². The van der Waals surface area contributed by atoms with Crippen LogP contribution in [0.4, 0.5) is 5.69 Å². The fourth-order valence-corrected chi connectivity index (χ4v) is 3.98. The summed E-state index contributed by atoms with van der Waals surface area (Å²) >= 11 is 0. The summed E-state index contributed by atoms with van der Waals surface area (Å²) in [5, 5.41) is 6.74. The Hall–Kier alpha value is -3.31. The normalized spacial score (nSPS) is 12.6. The topological polar surface area (TPSA) is 59.6 Å². The van der Waals surface area contributed by atoms with Crippen LogP contribution < -0.4 is 20.1 Å². The van der Waals surface area contributed by atoms with E-state index in [4.69, 9.17) is 9.47 Å². The van der Waals surface area contributed by atoms with Crippen molar-refractivity contribution < 1.29 is 14.3 Å². The second kappa shape index (κ2) is 12.8. The lowest BCUT2D eigenvalue weighted by Crippen LogP contribution is -2.25. The van der Waals surface area contributed by atoms with Crippen LogP contribution in [0.25, 0.3) is 0 Å². The Morgan fingerprint density at radius 1 is 0.971 bits per heavy atom. The van der Waals surface area contributed by atoms with Crippen LogP contribution in [0, 0.1) is 0 Å². The molecule has 3 aromatic carbocycles. The zero-order valence-electron chi connectivity index (χ0n) is 20.6. The van der Waals surface area contributed by atoms with Crippen LogP contribution in [0.15, 0.2) is 72.8 Å². The number of rotatable bonds is 12. The lowest BCUT2D eigenvalue weighted by atomic mass is 9.97. The van der Waals surface area contributed by atoms with Gasteiger partial charge in [-0.2, -0.15) is 0 Å². The van der Waals surface area contributed by atoms with Crippen LogP contribution in [0.5, 0.6) is 11.5 Å².